The molecule has 0 aliphatic heterocycles. The standard InChI is InChI=1S/C17H27N3O2S/c1-10(2)6-7-20(8-11(3)21)9-14-18-16(22)15-12(4)13(5)23-17(15)19-14/h10-11,21H,6-9H2,1-5H3,(H,18,19,22). The van der Waals surface area contributed by atoms with Crippen molar-refractivity contribution in [3.63, 3.8) is 0 Å². The molecule has 0 aliphatic carbocycles. The zero-order valence-corrected chi connectivity index (χ0v) is 15.5. The number of aromatic nitrogens is 2. The second kappa shape index (κ2) is 7.55. The fourth-order valence-corrected chi connectivity index (χ4v) is 3.68. The molecule has 2 aromatic heterocycles. The molecule has 0 fully saturated rings. The minimum Gasteiger partial charge on any atom is -0.392 e. The molecule has 1 atom stereocenters. The van der Waals surface area contributed by atoms with E-state index in [0.717, 1.165) is 28.2 Å². The largest absolute Gasteiger partial charge is 0.392 e. The van der Waals surface area contributed by atoms with E-state index in [0.29, 0.717) is 30.2 Å². The third-order valence-corrected chi connectivity index (χ3v) is 5.11. The van der Waals surface area contributed by atoms with Crippen molar-refractivity contribution in [1.82, 2.24) is 14.9 Å². The second-order valence-electron chi connectivity index (χ2n) is 6.74. The lowest BCUT2D eigenvalue weighted by Gasteiger charge is -2.24. The lowest BCUT2D eigenvalue weighted by atomic mass is 10.1. The molecule has 0 aliphatic rings. The number of fused-ring (bicyclic) bond motifs is 1. The van der Waals surface area contributed by atoms with Gasteiger partial charge in [-0.3, -0.25) is 9.69 Å². The summed E-state index contributed by atoms with van der Waals surface area (Å²) in [5.74, 6) is 1.27. The summed E-state index contributed by atoms with van der Waals surface area (Å²) in [5, 5.41) is 10.4. The van der Waals surface area contributed by atoms with Crippen LogP contribution >= 0.6 is 11.3 Å². The van der Waals surface area contributed by atoms with Gasteiger partial charge in [0.2, 0.25) is 0 Å². The van der Waals surface area contributed by atoms with Gasteiger partial charge in [0.25, 0.3) is 5.56 Å². The van der Waals surface area contributed by atoms with Crippen LogP contribution in [0, 0.1) is 19.8 Å². The van der Waals surface area contributed by atoms with Crippen LogP contribution in [0.5, 0.6) is 0 Å². The third-order valence-electron chi connectivity index (χ3n) is 4.01. The van der Waals surface area contributed by atoms with E-state index in [1.165, 1.54) is 0 Å². The summed E-state index contributed by atoms with van der Waals surface area (Å²) < 4.78 is 0. The molecule has 0 aromatic carbocycles. The van der Waals surface area contributed by atoms with Gasteiger partial charge in [0, 0.05) is 11.4 Å². The zero-order chi connectivity index (χ0) is 17.1. The Morgan fingerprint density at radius 2 is 2.00 bits per heavy atom. The number of hydrogen-bond acceptors (Lipinski definition) is 5. The molecular formula is C17H27N3O2S. The molecule has 0 saturated heterocycles. The van der Waals surface area contributed by atoms with Gasteiger partial charge in [-0.05, 0) is 45.2 Å². The first-order valence-electron chi connectivity index (χ1n) is 8.17. The lowest BCUT2D eigenvalue weighted by molar-refractivity contribution is 0.117. The number of aromatic amines is 1. The molecule has 2 rings (SSSR count). The van der Waals surface area contributed by atoms with Crippen molar-refractivity contribution < 1.29 is 5.11 Å². The van der Waals surface area contributed by atoms with Crippen molar-refractivity contribution in [3.8, 4) is 0 Å². The zero-order valence-electron chi connectivity index (χ0n) is 14.6. The quantitative estimate of drug-likeness (QED) is 0.815. The summed E-state index contributed by atoms with van der Waals surface area (Å²) in [4.78, 5) is 24.0. The van der Waals surface area contributed by atoms with Gasteiger partial charge in [0.15, 0.2) is 0 Å². The Hall–Kier alpha value is -1.24. The van der Waals surface area contributed by atoms with E-state index in [9.17, 15) is 9.90 Å². The van der Waals surface area contributed by atoms with Crippen LogP contribution in [-0.4, -0.2) is 39.2 Å². The van der Waals surface area contributed by atoms with Crippen LogP contribution in [-0.2, 0) is 6.54 Å². The van der Waals surface area contributed by atoms with Gasteiger partial charge in [-0.1, -0.05) is 13.8 Å². The summed E-state index contributed by atoms with van der Waals surface area (Å²) >= 11 is 1.57. The van der Waals surface area contributed by atoms with Crippen molar-refractivity contribution >= 4 is 21.6 Å². The molecule has 5 nitrogen and oxygen atoms in total. The lowest BCUT2D eigenvalue weighted by Crippen LogP contribution is -2.33. The Morgan fingerprint density at radius 1 is 1.30 bits per heavy atom. The average molecular weight is 337 g/mol. The maximum atomic E-state index is 12.3. The number of aryl methyl sites for hydroxylation is 2. The summed E-state index contributed by atoms with van der Waals surface area (Å²) in [7, 11) is 0. The van der Waals surface area contributed by atoms with Crippen LogP contribution in [0.15, 0.2) is 4.79 Å². The predicted octanol–water partition coefficient (Wildman–Crippen LogP) is 2.83. The molecule has 0 saturated carbocycles. The highest BCUT2D eigenvalue weighted by Crippen LogP contribution is 2.25. The number of nitrogens with one attached hydrogen (secondary N) is 1. The first-order chi connectivity index (χ1) is 10.8. The van der Waals surface area contributed by atoms with Crippen molar-refractivity contribution in [2.24, 2.45) is 5.92 Å². The van der Waals surface area contributed by atoms with Crippen molar-refractivity contribution in [1.29, 1.82) is 0 Å². The molecule has 6 heteroatoms. The molecule has 1 unspecified atom stereocenters. The van der Waals surface area contributed by atoms with Crippen LogP contribution in [0.25, 0.3) is 10.2 Å². The van der Waals surface area contributed by atoms with Gasteiger partial charge < -0.3 is 10.1 Å². The fraction of sp³-hybridized carbons (Fsp3) is 0.647. The topological polar surface area (TPSA) is 69.2 Å². The number of thiophene rings is 1. The van der Waals surface area contributed by atoms with Gasteiger partial charge >= 0.3 is 0 Å². The van der Waals surface area contributed by atoms with Crippen molar-refractivity contribution in [2.75, 3.05) is 13.1 Å². The number of aliphatic hydroxyl groups excluding tert-OH is 1. The van der Waals surface area contributed by atoms with Gasteiger partial charge in [-0.15, -0.1) is 11.3 Å². The maximum Gasteiger partial charge on any atom is 0.259 e. The Bertz CT molecular complexity index is 718. The van der Waals surface area contributed by atoms with Crippen LogP contribution in [0.4, 0.5) is 0 Å². The molecule has 2 aromatic rings. The van der Waals surface area contributed by atoms with Crippen molar-refractivity contribution in [2.45, 2.75) is 53.7 Å². The van der Waals surface area contributed by atoms with Gasteiger partial charge in [0.1, 0.15) is 10.7 Å². The first-order valence-corrected chi connectivity index (χ1v) is 8.99. The van der Waals surface area contributed by atoms with Gasteiger partial charge in [-0.2, -0.15) is 0 Å². The smallest absolute Gasteiger partial charge is 0.259 e. The van der Waals surface area contributed by atoms with E-state index in [2.05, 4.69) is 28.7 Å². The second-order valence-corrected chi connectivity index (χ2v) is 7.95. The number of rotatable bonds is 7. The number of H-pyrrole nitrogens is 1. The number of nitrogens with zero attached hydrogens (tertiary/aromatic N) is 2. The van der Waals surface area contributed by atoms with Crippen LogP contribution < -0.4 is 5.56 Å². The summed E-state index contributed by atoms with van der Waals surface area (Å²) in [5.41, 5.74) is 0.957. The molecule has 2 heterocycles. The van der Waals surface area contributed by atoms with E-state index in [-0.39, 0.29) is 5.56 Å². The van der Waals surface area contributed by atoms with Gasteiger partial charge in [0.05, 0.1) is 18.0 Å². The predicted molar refractivity (Wildman–Crippen MR) is 96.1 cm³/mol. The monoisotopic (exact) mass is 337 g/mol. The molecule has 128 valence electrons. The summed E-state index contributed by atoms with van der Waals surface area (Å²) in [6.07, 6.45) is 0.653. The minimum absolute atomic E-state index is 0.0623. The molecule has 0 spiro atoms. The highest BCUT2D eigenvalue weighted by atomic mass is 32.1. The van der Waals surface area contributed by atoms with Crippen molar-refractivity contribution in [3.05, 3.63) is 26.6 Å². The van der Waals surface area contributed by atoms with Crippen LogP contribution in [0.3, 0.4) is 0 Å². The molecule has 23 heavy (non-hydrogen) atoms. The van der Waals surface area contributed by atoms with E-state index >= 15 is 0 Å². The molecule has 0 amide bonds. The summed E-state index contributed by atoms with van der Waals surface area (Å²) in [6.45, 7) is 12.2. The molecule has 2 N–H and O–H groups in total. The highest BCUT2D eigenvalue weighted by Gasteiger charge is 2.15. The number of aliphatic hydroxyl groups is 1. The highest BCUT2D eigenvalue weighted by molar-refractivity contribution is 7.18. The average Bonchev–Trinajstić information content (AvgIpc) is 2.71. The third kappa shape index (κ3) is 4.62. The van der Waals surface area contributed by atoms with E-state index in [1.54, 1.807) is 18.3 Å². The SMILES string of the molecule is Cc1sc2nc(CN(CCC(C)C)CC(C)O)[nH]c(=O)c2c1C. The maximum absolute atomic E-state index is 12.3. The Balaban J connectivity index is 2.25. The Kier molecular flexibility index (Phi) is 5.95. The Labute approximate surface area is 141 Å². The molecule has 0 radical (unpaired) electrons. The van der Waals surface area contributed by atoms with Crippen LogP contribution in [0.1, 0.15) is 43.5 Å². The Morgan fingerprint density at radius 3 is 2.61 bits per heavy atom. The first kappa shape index (κ1) is 18.1. The van der Waals surface area contributed by atoms with E-state index in [1.807, 2.05) is 13.8 Å². The summed E-state index contributed by atoms with van der Waals surface area (Å²) in [6, 6.07) is 0. The van der Waals surface area contributed by atoms with E-state index < -0.39 is 6.10 Å². The fourth-order valence-electron chi connectivity index (χ4n) is 2.64. The number of hydrogen-bond donors (Lipinski definition) is 2. The minimum atomic E-state index is -0.399. The van der Waals surface area contributed by atoms with E-state index in [4.69, 9.17) is 0 Å². The van der Waals surface area contributed by atoms with Crippen LogP contribution in [0.2, 0.25) is 0 Å². The molecular weight excluding hydrogens is 310 g/mol. The normalized spacial score (nSPS) is 13.4. The molecule has 0 bridgehead atoms. The van der Waals surface area contributed by atoms with Gasteiger partial charge in [-0.25, -0.2) is 4.98 Å².